The van der Waals surface area contributed by atoms with Crippen molar-refractivity contribution < 1.29 is 23.9 Å². The van der Waals surface area contributed by atoms with Gasteiger partial charge >= 0.3 is 0 Å². The lowest BCUT2D eigenvalue weighted by atomic mass is 10.0. The van der Waals surface area contributed by atoms with Crippen LogP contribution in [0.15, 0.2) is 84.9 Å². The number of rotatable bonds is 11. The standard InChI is InChI=1S/C29H30N4O5/c30-27(35)23(15-20-11-13-22(14-12-20)38-18-21-9-5-2-6-10-21)31-26(34)17-25-29(37)32-24(28(36)33-25)16-19-7-3-1-4-8-19/h1-14,23-25H,15-18H2,(H2,30,35)(H,31,34)(H,32,37)(H,33,36)/t23-,24-,25-/m0/s1. The second-order valence-corrected chi connectivity index (χ2v) is 9.16. The topological polar surface area (TPSA) is 140 Å². The smallest absolute Gasteiger partial charge is 0.243 e. The third-order valence-electron chi connectivity index (χ3n) is 6.23. The summed E-state index contributed by atoms with van der Waals surface area (Å²) in [6.45, 7) is 0.429. The van der Waals surface area contributed by atoms with Gasteiger partial charge in [-0.05, 0) is 28.8 Å². The van der Waals surface area contributed by atoms with Crippen molar-refractivity contribution in [2.75, 3.05) is 0 Å². The number of primary amides is 1. The third-order valence-corrected chi connectivity index (χ3v) is 6.23. The lowest BCUT2D eigenvalue weighted by Crippen LogP contribution is -2.63. The molecule has 0 aliphatic carbocycles. The molecule has 196 valence electrons. The molecule has 0 unspecified atom stereocenters. The Labute approximate surface area is 220 Å². The van der Waals surface area contributed by atoms with E-state index in [4.69, 9.17) is 10.5 Å². The molecule has 5 N–H and O–H groups in total. The maximum atomic E-state index is 12.6. The lowest BCUT2D eigenvalue weighted by molar-refractivity contribution is -0.138. The van der Waals surface area contributed by atoms with Gasteiger partial charge in [-0.3, -0.25) is 19.2 Å². The zero-order valence-electron chi connectivity index (χ0n) is 20.8. The first-order chi connectivity index (χ1) is 18.4. The molecule has 0 saturated carbocycles. The molecule has 38 heavy (non-hydrogen) atoms. The third kappa shape index (κ3) is 7.42. The van der Waals surface area contributed by atoms with E-state index in [1.807, 2.05) is 60.7 Å². The lowest BCUT2D eigenvalue weighted by Gasteiger charge is -2.29. The molecule has 1 fully saturated rings. The van der Waals surface area contributed by atoms with Gasteiger partial charge in [0.25, 0.3) is 0 Å². The van der Waals surface area contributed by atoms with Crippen molar-refractivity contribution in [3.05, 3.63) is 102 Å². The fourth-order valence-corrected chi connectivity index (χ4v) is 4.17. The molecule has 3 atom stereocenters. The minimum Gasteiger partial charge on any atom is -0.489 e. The van der Waals surface area contributed by atoms with E-state index in [9.17, 15) is 19.2 Å². The SMILES string of the molecule is NC(=O)[C@H](Cc1ccc(OCc2ccccc2)cc1)NC(=O)C[C@@H]1NC(=O)[C@H](Cc2ccccc2)NC1=O. The Morgan fingerprint density at radius 1 is 0.789 bits per heavy atom. The molecule has 9 nitrogen and oxygen atoms in total. The van der Waals surface area contributed by atoms with E-state index in [2.05, 4.69) is 16.0 Å². The predicted octanol–water partition coefficient (Wildman–Crippen LogP) is 1.39. The number of benzene rings is 3. The molecule has 0 radical (unpaired) electrons. The molecule has 1 saturated heterocycles. The van der Waals surface area contributed by atoms with Crippen LogP contribution in [0.4, 0.5) is 0 Å². The van der Waals surface area contributed by atoms with E-state index >= 15 is 0 Å². The van der Waals surface area contributed by atoms with Crippen molar-refractivity contribution >= 4 is 23.6 Å². The highest BCUT2D eigenvalue weighted by atomic mass is 16.5. The normalized spacial score (nSPS) is 17.6. The largest absolute Gasteiger partial charge is 0.489 e. The molecule has 0 bridgehead atoms. The quantitative estimate of drug-likeness (QED) is 0.306. The molecular weight excluding hydrogens is 484 g/mol. The monoisotopic (exact) mass is 514 g/mol. The number of hydrogen-bond acceptors (Lipinski definition) is 5. The molecule has 4 amide bonds. The van der Waals surface area contributed by atoms with Gasteiger partial charge in [0.2, 0.25) is 23.6 Å². The van der Waals surface area contributed by atoms with Gasteiger partial charge in [0.15, 0.2) is 0 Å². The maximum absolute atomic E-state index is 12.6. The van der Waals surface area contributed by atoms with Crippen molar-refractivity contribution in [3.8, 4) is 5.75 Å². The van der Waals surface area contributed by atoms with Gasteiger partial charge < -0.3 is 26.4 Å². The van der Waals surface area contributed by atoms with Crippen molar-refractivity contribution in [1.29, 1.82) is 0 Å². The Morgan fingerprint density at radius 2 is 1.37 bits per heavy atom. The van der Waals surface area contributed by atoms with Crippen LogP contribution in [-0.4, -0.2) is 41.8 Å². The molecule has 1 heterocycles. The molecule has 4 rings (SSSR count). The number of piperazine rings is 1. The minimum absolute atomic E-state index is 0.169. The average molecular weight is 515 g/mol. The van der Waals surface area contributed by atoms with Crippen LogP contribution in [0.5, 0.6) is 5.75 Å². The van der Waals surface area contributed by atoms with Gasteiger partial charge in [0, 0.05) is 12.8 Å². The van der Waals surface area contributed by atoms with Crippen molar-refractivity contribution in [2.45, 2.75) is 44.0 Å². The van der Waals surface area contributed by atoms with E-state index in [0.717, 1.165) is 16.7 Å². The highest BCUT2D eigenvalue weighted by molar-refractivity contribution is 5.99. The second-order valence-electron chi connectivity index (χ2n) is 9.16. The maximum Gasteiger partial charge on any atom is 0.243 e. The number of carbonyl (C=O) groups excluding carboxylic acids is 4. The molecule has 1 aliphatic rings. The average Bonchev–Trinajstić information content (AvgIpc) is 2.92. The van der Waals surface area contributed by atoms with Crippen LogP contribution < -0.4 is 26.4 Å². The summed E-state index contributed by atoms with van der Waals surface area (Å²) >= 11 is 0. The minimum atomic E-state index is -1.04. The zero-order valence-corrected chi connectivity index (χ0v) is 20.8. The van der Waals surface area contributed by atoms with Gasteiger partial charge in [-0.2, -0.15) is 0 Å². The zero-order chi connectivity index (χ0) is 26.9. The first kappa shape index (κ1) is 26.4. The van der Waals surface area contributed by atoms with E-state index in [-0.39, 0.29) is 18.7 Å². The van der Waals surface area contributed by atoms with Crippen LogP contribution in [0, 0.1) is 0 Å². The highest BCUT2D eigenvalue weighted by Gasteiger charge is 2.35. The van der Waals surface area contributed by atoms with Gasteiger partial charge in [0.05, 0.1) is 6.42 Å². The van der Waals surface area contributed by atoms with E-state index < -0.39 is 35.8 Å². The van der Waals surface area contributed by atoms with Gasteiger partial charge in [-0.15, -0.1) is 0 Å². The summed E-state index contributed by atoms with van der Waals surface area (Å²) in [6.07, 6.45) is 0.200. The highest BCUT2D eigenvalue weighted by Crippen LogP contribution is 2.16. The molecule has 1 aliphatic heterocycles. The van der Waals surface area contributed by atoms with Gasteiger partial charge in [-0.25, -0.2) is 0 Å². The van der Waals surface area contributed by atoms with Crippen molar-refractivity contribution in [1.82, 2.24) is 16.0 Å². The Morgan fingerprint density at radius 3 is 2.00 bits per heavy atom. The summed E-state index contributed by atoms with van der Waals surface area (Å²) in [5.74, 6) is -1.43. The molecule has 3 aromatic rings. The van der Waals surface area contributed by atoms with Crippen LogP contribution in [0.25, 0.3) is 0 Å². The van der Waals surface area contributed by atoms with Crippen molar-refractivity contribution in [3.63, 3.8) is 0 Å². The summed E-state index contributed by atoms with van der Waals surface area (Å²) in [7, 11) is 0. The number of ether oxygens (including phenoxy) is 1. The van der Waals surface area contributed by atoms with E-state index in [1.165, 1.54) is 0 Å². The van der Waals surface area contributed by atoms with Crippen LogP contribution >= 0.6 is 0 Å². The fourth-order valence-electron chi connectivity index (χ4n) is 4.17. The predicted molar refractivity (Wildman–Crippen MR) is 141 cm³/mol. The number of nitrogens with two attached hydrogens (primary N) is 1. The molecule has 9 heteroatoms. The van der Waals surface area contributed by atoms with Crippen molar-refractivity contribution in [2.24, 2.45) is 5.73 Å². The van der Waals surface area contributed by atoms with Crippen LogP contribution in [0.2, 0.25) is 0 Å². The second kappa shape index (κ2) is 12.5. The summed E-state index contributed by atoms with van der Waals surface area (Å²) in [5, 5.41) is 7.87. The van der Waals surface area contributed by atoms with Gasteiger partial charge in [0.1, 0.15) is 30.5 Å². The Bertz CT molecular complexity index is 1270. The summed E-state index contributed by atoms with van der Waals surface area (Å²) in [6, 6.07) is 23.5. The van der Waals surface area contributed by atoms with E-state index in [0.29, 0.717) is 18.8 Å². The van der Waals surface area contributed by atoms with Gasteiger partial charge in [-0.1, -0.05) is 72.8 Å². The Kier molecular flexibility index (Phi) is 8.71. The molecule has 3 aromatic carbocycles. The number of nitrogens with one attached hydrogen (secondary N) is 3. The number of hydrogen-bond donors (Lipinski definition) is 4. The van der Waals surface area contributed by atoms with Crippen LogP contribution in [0.1, 0.15) is 23.1 Å². The number of amides is 4. The Hall–Kier alpha value is -4.66. The fraction of sp³-hybridized carbons (Fsp3) is 0.241. The number of carbonyl (C=O) groups is 4. The summed E-state index contributed by atoms with van der Waals surface area (Å²) in [5.41, 5.74) is 8.24. The summed E-state index contributed by atoms with van der Waals surface area (Å²) < 4.78 is 5.77. The molecular formula is C29H30N4O5. The van der Waals surface area contributed by atoms with Crippen LogP contribution in [0.3, 0.4) is 0 Å². The van der Waals surface area contributed by atoms with E-state index in [1.54, 1.807) is 24.3 Å². The Balaban J connectivity index is 1.27. The van der Waals surface area contributed by atoms with Crippen LogP contribution in [-0.2, 0) is 38.6 Å². The molecule has 0 aromatic heterocycles. The summed E-state index contributed by atoms with van der Waals surface area (Å²) in [4.78, 5) is 49.7. The first-order valence-electron chi connectivity index (χ1n) is 12.4. The molecule has 0 spiro atoms. The first-order valence-corrected chi connectivity index (χ1v) is 12.4.